The summed E-state index contributed by atoms with van der Waals surface area (Å²) in [4.78, 5) is 12.3. The number of hydrogen-bond acceptors (Lipinski definition) is 2. The summed E-state index contributed by atoms with van der Waals surface area (Å²) < 4.78 is 0. The molecule has 1 fully saturated rings. The lowest BCUT2D eigenvalue weighted by molar-refractivity contribution is 0.0903. The maximum absolute atomic E-state index is 12.3. The molecule has 2 heteroatoms. The molecule has 2 nitrogen and oxygen atoms in total. The molecule has 0 amide bonds. The first-order valence-corrected chi connectivity index (χ1v) is 6.05. The van der Waals surface area contributed by atoms with Crippen molar-refractivity contribution in [2.24, 2.45) is 5.41 Å². The van der Waals surface area contributed by atoms with Gasteiger partial charge in [0.25, 0.3) is 0 Å². The molecule has 0 unspecified atom stereocenters. The topological polar surface area (TPSA) is 29.1 Å². The minimum Gasteiger partial charge on any atom is -0.383 e. The van der Waals surface area contributed by atoms with Crippen LogP contribution < -0.4 is 5.32 Å². The molecular weight excluding hydrogens is 198 g/mol. The van der Waals surface area contributed by atoms with Gasteiger partial charge in [0.05, 0.1) is 5.41 Å². The average Bonchev–Trinajstić information content (AvgIpc) is 3.05. The average molecular weight is 215 g/mol. The third kappa shape index (κ3) is 1.29. The predicted octanol–water partition coefficient (Wildman–Crippen LogP) is 3.20. The number of anilines is 1. The number of hydrogen-bond donors (Lipinski definition) is 1. The lowest BCUT2D eigenvalue weighted by atomic mass is 9.87. The smallest absolute Gasteiger partial charge is 0.172 e. The second kappa shape index (κ2) is 3.09. The van der Waals surface area contributed by atoms with Crippen molar-refractivity contribution in [2.75, 3.05) is 11.9 Å². The molecule has 3 rings (SSSR count). The minimum absolute atomic E-state index is 0.0391. The van der Waals surface area contributed by atoms with Crippen LogP contribution in [0.15, 0.2) is 18.2 Å². The van der Waals surface area contributed by atoms with E-state index in [1.165, 1.54) is 5.56 Å². The van der Waals surface area contributed by atoms with Crippen molar-refractivity contribution in [1.82, 2.24) is 0 Å². The Labute approximate surface area is 96.1 Å². The Bertz CT molecular complexity index is 458. The lowest BCUT2D eigenvalue weighted by Crippen LogP contribution is -2.31. The van der Waals surface area contributed by atoms with Crippen LogP contribution in [-0.2, 0) is 0 Å². The Morgan fingerprint density at radius 3 is 2.69 bits per heavy atom. The maximum atomic E-state index is 12.3. The van der Waals surface area contributed by atoms with E-state index in [0.29, 0.717) is 11.7 Å². The summed E-state index contributed by atoms with van der Waals surface area (Å²) in [7, 11) is 0. The molecule has 2 aliphatic rings. The molecule has 1 aromatic carbocycles. The van der Waals surface area contributed by atoms with Gasteiger partial charge in [-0.3, -0.25) is 4.79 Å². The molecule has 84 valence electrons. The fraction of sp³-hybridized carbons (Fsp3) is 0.500. The van der Waals surface area contributed by atoms with E-state index in [0.717, 1.165) is 30.6 Å². The first kappa shape index (κ1) is 9.88. The highest BCUT2D eigenvalue weighted by Crippen LogP contribution is 2.51. The molecular formula is C14H17NO. The second-order valence-corrected chi connectivity index (χ2v) is 5.42. The van der Waals surface area contributed by atoms with Gasteiger partial charge in [-0.1, -0.05) is 19.9 Å². The number of Topliss-reactive ketones (excluding diaryl/α,β-unsaturated/α-hetero) is 1. The standard InChI is InChI=1S/C14H17NO/c1-9(2)10-3-4-12-11(7-10)13(16)14(5-6-14)8-15-12/h3-4,7,9,15H,5-6,8H2,1-2H3. The molecule has 1 heterocycles. The zero-order valence-corrected chi connectivity index (χ0v) is 9.84. The van der Waals surface area contributed by atoms with Gasteiger partial charge in [0, 0.05) is 17.8 Å². The highest BCUT2D eigenvalue weighted by Gasteiger charge is 2.52. The number of ketones is 1. The van der Waals surface area contributed by atoms with E-state index in [1.54, 1.807) is 0 Å². The third-order valence-corrected chi connectivity index (χ3v) is 3.91. The summed E-state index contributed by atoms with van der Waals surface area (Å²) in [5, 5.41) is 3.39. The Morgan fingerprint density at radius 1 is 1.31 bits per heavy atom. The van der Waals surface area contributed by atoms with E-state index in [9.17, 15) is 4.79 Å². The molecule has 1 aliphatic carbocycles. The highest BCUT2D eigenvalue weighted by molar-refractivity contribution is 6.08. The van der Waals surface area contributed by atoms with Crippen LogP contribution in [0, 0.1) is 5.41 Å². The SMILES string of the molecule is CC(C)c1ccc2c(c1)C(=O)C1(CC1)CN2. The van der Waals surface area contributed by atoms with Crippen molar-refractivity contribution < 1.29 is 4.79 Å². The number of rotatable bonds is 1. The van der Waals surface area contributed by atoms with Gasteiger partial charge >= 0.3 is 0 Å². The number of carbonyl (C=O) groups is 1. The summed E-state index contributed by atoms with van der Waals surface area (Å²) in [5.74, 6) is 0.846. The molecule has 1 aliphatic heterocycles. The van der Waals surface area contributed by atoms with Gasteiger partial charge in [-0.15, -0.1) is 0 Å². The van der Waals surface area contributed by atoms with Gasteiger partial charge in [0.15, 0.2) is 5.78 Å². The Balaban J connectivity index is 2.06. The van der Waals surface area contributed by atoms with Gasteiger partial charge in [-0.2, -0.15) is 0 Å². The predicted molar refractivity (Wildman–Crippen MR) is 65.0 cm³/mol. The van der Waals surface area contributed by atoms with Crippen LogP contribution in [0.5, 0.6) is 0 Å². The largest absolute Gasteiger partial charge is 0.383 e. The van der Waals surface area contributed by atoms with E-state index < -0.39 is 0 Å². The Hall–Kier alpha value is -1.31. The lowest BCUT2D eigenvalue weighted by Gasteiger charge is -2.25. The quantitative estimate of drug-likeness (QED) is 0.779. The van der Waals surface area contributed by atoms with E-state index >= 15 is 0 Å². The van der Waals surface area contributed by atoms with Crippen molar-refractivity contribution in [1.29, 1.82) is 0 Å². The normalized spacial score (nSPS) is 20.8. The van der Waals surface area contributed by atoms with Gasteiger partial charge in [-0.25, -0.2) is 0 Å². The number of fused-ring (bicyclic) bond motifs is 1. The van der Waals surface area contributed by atoms with Crippen molar-refractivity contribution in [2.45, 2.75) is 32.6 Å². The van der Waals surface area contributed by atoms with Crippen LogP contribution >= 0.6 is 0 Å². The first-order valence-electron chi connectivity index (χ1n) is 6.05. The molecule has 0 radical (unpaired) electrons. The first-order chi connectivity index (χ1) is 7.62. The van der Waals surface area contributed by atoms with Gasteiger partial charge in [0.1, 0.15) is 0 Å². The fourth-order valence-electron chi connectivity index (χ4n) is 2.45. The van der Waals surface area contributed by atoms with Crippen molar-refractivity contribution in [3.63, 3.8) is 0 Å². The Morgan fingerprint density at radius 2 is 2.06 bits per heavy atom. The van der Waals surface area contributed by atoms with E-state index in [-0.39, 0.29) is 5.41 Å². The molecule has 1 aromatic rings. The maximum Gasteiger partial charge on any atom is 0.172 e. The molecule has 16 heavy (non-hydrogen) atoms. The second-order valence-electron chi connectivity index (χ2n) is 5.42. The number of nitrogens with one attached hydrogen (secondary N) is 1. The van der Waals surface area contributed by atoms with Crippen molar-refractivity contribution in [3.05, 3.63) is 29.3 Å². The minimum atomic E-state index is -0.0391. The summed E-state index contributed by atoms with van der Waals surface area (Å²) in [6.45, 7) is 5.16. The van der Waals surface area contributed by atoms with Crippen LogP contribution in [-0.4, -0.2) is 12.3 Å². The van der Waals surface area contributed by atoms with E-state index in [4.69, 9.17) is 0 Å². The Kier molecular flexibility index (Phi) is 1.91. The molecule has 1 N–H and O–H groups in total. The van der Waals surface area contributed by atoms with Crippen LogP contribution in [0.1, 0.15) is 48.5 Å². The van der Waals surface area contributed by atoms with Crippen molar-refractivity contribution >= 4 is 11.5 Å². The molecule has 0 aromatic heterocycles. The van der Waals surface area contributed by atoms with Crippen LogP contribution in [0.25, 0.3) is 0 Å². The third-order valence-electron chi connectivity index (χ3n) is 3.91. The highest BCUT2D eigenvalue weighted by atomic mass is 16.1. The van der Waals surface area contributed by atoms with Gasteiger partial charge in [-0.05, 0) is 36.5 Å². The van der Waals surface area contributed by atoms with E-state index in [1.807, 2.05) is 0 Å². The zero-order chi connectivity index (χ0) is 11.3. The van der Waals surface area contributed by atoms with E-state index in [2.05, 4.69) is 37.4 Å². The number of benzene rings is 1. The van der Waals surface area contributed by atoms with Gasteiger partial charge in [0.2, 0.25) is 0 Å². The monoisotopic (exact) mass is 215 g/mol. The molecule has 0 bridgehead atoms. The van der Waals surface area contributed by atoms with Crippen LogP contribution in [0.4, 0.5) is 5.69 Å². The molecule has 1 saturated carbocycles. The zero-order valence-electron chi connectivity index (χ0n) is 9.84. The molecule has 1 spiro atoms. The fourth-order valence-corrected chi connectivity index (χ4v) is 2.45. The molecule has 0 atom stereocenters. The van der Waals surface area contributed by atoms with Crippen molar-refractivity contribution in [3.8, 4) is 0 Å². The summed E-state index contributed by atoms with van der Waals surface area (Å²) in [6, 6.07) is 6.25. The summed E-state index contributed by atoms with van der Waals surface area (Å²) in [6.07, 6.45) is 2.12. The number of carbonyl (C=O) groups excluding carboxylic acids is 1. The van der Waals surface area contributed by atoms with Crippen LogP contribution in [0.3, 0.4) is 0 Å². The summed E-state index contributed by atoms with van der Waals surface area (Å²) in [5.41, 5.74) is 3.15. The van der Waals surface area contributed by atoms with Crippen LogP contribution in [0.2, 0.25) is 0 Å². The molecule has 0 saturated heterocycles. The summed E-state index contributed by atoms with van der Waals surface area (Å²) >= 11 is 0. The van der Waals surface area contributed by atoms with Gasteiger partial charge < -0.3 is 5.32 Å².